The van der Waals surface area contributed by atoms with Crippen LogP contribution in [-0.2, 0) is 4.79 Å². The molecule has 0 spiro atoms. The van der Waals surface area contributed by atoms with Crippen LogP contribution in [0.2, 0.25) is 0 Å². The van der Waals surface area contributed by atoms with Gasteiger partial charge in [0.05, 0.1) is 7.11 Å². The van der Waals surface area contributed by atoms with Crippen molar-refractivity contribution >= 4 is 44.8 Å². The summed E-state index contributed by atoms with van der Waals surface area (Å²) in [7, 11) is 1.54. The summed E-state index contributed by atoms with van der Waals surface area (Å²) in [4.78, 5) is 12.2. The number of halogens is 1. The molecule has 0 unspecified atom stereocenters. The molecule has 0 aromatic heterocycles. The smallest absolute Gasteiger partial charge is 0.349 e. The van der Waals surface area contributed by atoms with Gasteiger partial charge in [0.25, 0.3) is 0 Å². The van der Waals surface area contributed by atoms with Gasteiger partial charge in [0.2, 0.25) is 0 Å². The first-order valence-corrected chi connectivity index (χ1v) is 10.8. The molecule has 0 fully saturated rings. The molecule has 5 heteroatoms. The Labute approximate surface area is 195 Å². The molecule has 4 aromatic rings. The van der Waals surface area contributed by atoms with E-state index in [-0.39, 0.29) is 6.61 Å². The molecule has 0 saturated carbocycles. The highest BCUT2D eigenvalue weighted by Crippen LogP contribution is 2.29. The molecular formula is C27H21BrO4. The van der Waals surface area contributed by atoms with Gasteiger partial charge in [-0.05, 0) is 58.3 Å². The van der Waals surface area contributed by atoms with E-state index in [1.54, 1.807) is 25.3 Å². The van der Waals surface area contributed by atoms with E-state index in [4.69, 9.17) is 14.2 Å². The average Bonchev–Trinajstić information content (AvgIpc) is 2.83. The Balaban J connectivity index is 1.44. The van der Waals surface area contributed by atoms with Gasteiger partial charge < -0.3 is 14.2 Å². The number of carbonyl (C=O) groups is 1. The van der Waals surface area contributed by atoms with E-state index in [1.165, 1.54) is 10.8 Å². The van der Waals surface area contributed by atoms with Crippen molar-refractivity contribution < 1.29 is 19.0 Å². The first kappa shape index (κ1) is 21.7. The predicted molar refractivity (Wildman–Crippen MR) is 131 cm³/mol. The molecule has 4 rings (SSSR count). The zero-order valence-electron chi connectivity index (χ0n) is 17.5. The molecule has 0 saturated heterocycles. The maximum Gasteiger partial charge on any atom is 0.349 e. The fourth-order valence-corrected chi connectivity index (χ4v) is 3.54. The third kappa shape index (κ3) is 5.37. The van der Waals surface area contributed by atoms with Crippen LogP contribution in [0.15, 0.2) is 89.4 Å². The van der Waals surface area contributed by atoms with Gasteiger partial charge in [0.1, 0.15) is 5.75 Å². The Hall–Kier alpha value is -3.57. The molecule has 0 aliphatic rings. The topological polar surface area (TPSA) is 44.8 Å². The molecule has 4 nitrogen and oxygen atoms in total. The molecule has 0 bridgehead atoms. The number of esters is 1. The highest BCUT2D eigenvalue weighted by molar-refractivity contribution is 9.10. The van der Waals surface area contributed by atoms with Gasteiger partial charge in [-0.1, -0.05) is 76.6 Å². The van der Waals surface area contributed by atoms with Crippen molar-refractivity contribution in [1.29, 1.82) is 0 Å². The van der Waals surface area contributed by atoms with Gasteiger partial charge in [0.15, 0.2) is 18.1 Å². The van der Waals surface area contributed by atoms with Crippen molar-refractivity contribution in [2.75, 3.05) is 13.7 Å². The summed E-state index contributed by atoms with van der Waals surface area (Å²) in [5.41, 5.74) is 2.06. The molecular weight excluding hydrogens is 468 g/mol. The van der Waals surface area contributed by atoms with Gasteiger partial charge in [-0.2, -0.15) is 0 Å². The number of hydrogen-bond donors (Lipinski definition) is 0. The molecule has 0 N–H and O–H groups in total. The van der Waals surface area contributed by atoms with Gasteiger partial charge in [-0.15, -0.1) is 0 Å². The third-order valence-electron chi connectivity index (χ3n) is 4.86. The minimum atomic E-state index is -0.509. The molecule has 0 aliphatic carbocycles. The zero-order chi connectivity index (χ0) is 22.3. The number of hydrogen-bond acceptors (Lipinski definition) is 4. The van der Waals surface area contributed by atoms with E-state index in [2.05, 4.69) is 46.3 Å². The Morgan fingerprint density at radius 2 is 1.66 bits per heavy atom. The van der Waals surface area contributed by atoms with Crippen LogP contribution in [0.4, 0.5) is 0 Å². The van der Waals surface area contributed by atoms with Gasteiger partial charge in [-0.3, -0.25) is 0 Å². The number of ether oxygens (including phenoxy) is 3. The lowest BCUT2D eigenvalue weighted by molar-refractivity contribution is -0.136. The largest absolute Gasteiger partial charge is 0.493 e. The summed E-state index contributed by atoms with van der Waals surface area (Å²) < 4.78 is 17.3. The number of carbonyl (C=O) groups excluding carboxylic acids is 1. The first-order chi connectivity index (χ1) is 15.6. The van der Waals surface area contributed by atoms with E-state index in [0.29, 0.717) is 17.2 Å². The Bertz CT molecular complexity index is 1260. The summed E-state index contributed by atoms with van der Waals surface area (Å²) in [6, 6.07) is 27.1. The van der Waals surface area contributed by atoms with Crippen molar-refractivity contribution in [3.63, 3.8) is 0 Å². The van der Waals surface area contributed by atoms with Gasteiger partial charge in [-0.25, -0.2) is 4.79 Å². The highest BCUT2D eigenvalue weighted by atomic mass is 79.9. The maximum atomic E-state index is 12.2. The van der Waals surface area contributed by atoms with Crippen molar-refractivity contribution in [1.82, 2.24) is 0 Å². The van der Waals surface area contributed by atoms with E-state index in [1.807, 2.05) is 48.5 Å². The zero-order valence-corrected chi connectivity index (χ0v) is 19.0. The van der Waals surface area contributed by atoms with Crippen molar-refractivity contribution in [2.24, 2.45) is 0 Å². The SMILES string of the molecule is COc1cc(C=Cc2cccc3ccccc23)ccc1OC(=O)COc1ccc(Br)cc1. The molecule has 4 aromatic carbocycles. The monoisotopic (exact) mass is 488 g/mol. The predicted octanol–water partition coefficient (Wildman–Crippen LogP) is 6.77. The van der Waals surface area contributed by atoms with Gasteiger partial charge in [0, 0.05) is 4.47 Å². The molecule has 32 heavy (non-hydrogen) atoms. The molecule has 0 aliphatic heterocycles. The van der Waals surface area contributed by atoms with Crippen molar-refractivity contribution in [3.8, 4) is 17.2 Å². The lowest BCUT2D eigenvalue weighted by Crippen LogP contribution is -2.18. The van der Waals surface area contributed by atoms with E-state index in [0.717, 1.165) is 15.6 Å². The Morgan fingerprint density at radius 3 is 2.47 bits per heavy atom. The van der Waals surface area contributed by atoms with E-state index in [9.17, 15) is 4.79 Å². The van der Waals surface area contributed by atoms with Crippen LogP contribution in [-0.4, -0.2) is 19.7 Å². The fourth-order valence-electron chi connectivity index (χ4n) is 3.28. The molecule has 0 amide bonds. The summed E-state index contributed by atoms with van der Waals surface area (Å²) in [5.74, 6) is 0.901. The minimum absolute atomic E-state index is 0.201. The lowest BCUT2D eigenvalue weighted by atomic mass is 10.0. The summed E-state index contributed by atoms with van der Waals surface area (Å²) in [6.45, 7) is -0.201. The maximum absolute atomic E-state index is 12.2. The number of methoxy groups -OCH3 is 1. The van der Waals surface area contributed by atoms with Crippen molar-refractivity contribution in [3.05, 3.63) is 101 Å². The van der Waals surface area contributed by atoms with Crippen LogP contribution < -0.4 is 14.2 Å². The van der Waals surface area contributed by atoms with Crippen LogP contribution >= 0.6 is 15.9 Å². The first-order valence-electron chi connectivity index (χ1n) is 10.1. The van der Waals surface area contributed by atoms with Crippen LogP contribution in [0.5, 0.6) is 17.2 Å². The Kier molecular flexibility index (Phi) is 6.87. The quantitative estimate of drug-likeness (QED) is 0.163. The highest BCUT2D eigenvalue weighted by Gasteiger charge is 2.11. The molecule has 0 heterocycles. The average molecular weight is 489 g/mol. The molecule has 0 radical (unpaired) electrons. The lowest BCUT2D eigenvalue weighted by Gasteiger charge is -2.11. The fraction of sp³-hybridized carbons (Fsp3) is 0.0741. The van der Waals surface area contributed by atoms with Crippen LogP contribution in [0.3, 0.4) is 0 Å². The number of fused-ring (bicyclic) bond motifs is 1. The summed E-state index contributed by atoms with van der Waals surface area (Å²) in [6.07, 6.45) is 4.07. The second-order valence-corrected chi connectivity index (χ2v) is 7.94. The number of rotatable bonds is 7. The standard InChI is InChI=1S/C27H21BrO4/c1-30-26-17-19(9-11-21-7-4-6-20-5-2-3-8-24(20)21)10-16-25(26)32-27(29)18-31-23-14-12-22(28)13-15-23/h2-17H,18H2,1H3. The Morgan fingerprint density at radius 1 is 0.875 bits per heavy atom. The van der Waals surface area contributed by atoms with Gasteiger partial charge >= 0.3 is 5.97 Å². The molecule has 0 atom stereocenters. The van der Waals surface area contributed by atoms with E-state index >= 15 is 0 Å². The summed E-state index contributed by atoms with van der Waals surface area (Å²) >= 11 is 3.36. The normalized spacial score (nSPS) is 10.9. The second-order valence-electron chi connectivity index (χ2n) is 7.03. The minimum Gasteiger partial charge on any atom is -0.493 e. The van der Waals surface area contributed by atoms with E-state index < -0.39 is 5.97 Å². The summed E-state index contributed by atoms with van der Waals surface area (Å²) in [5, 5.41) is 2.38. The van der Waals surface area contributed by atoms with Crippen LogP contribution in [0, 0.1) is 0 Å². The molecule has 160 valence electrons. The van der Waals surface area contributed by atoms with Crippen LogP contribution in [0.1, 0.15) is 11.1 Å². The second kappa shape index (κ2) is 10.2. The van der Waals surface area contributed by atoms with Crippen molar-refractivity contribution in [2.45, 2.75) is 0 Å². The van der Waals surface area contributed by atoms with Crippen LogP contribution in [0.25, 0.3) is 22.9 Å². The number of benzene rings is 4. The third-order valence-corrected chi connectivity index (χ3v) is 5.39.